The summed E-state index contributed by atoms with van der Waals surface area (Å²) in [6.07, 6.45) is 3.62. The first-order valence-corrected chi connectivity index (χ1v) is 6.55. The number of imidazole rings is 1. The van der Waals surface area contributed by atoms with Crippen LogP contribution in [0.15, 0.2) is 28.5 Å². The molecule has 0 radical (unpaired) electrons. The van der Waals surface area contributed by atoms with Crippen molar-refractivity contribution >= 4 is 17.6 Å². The van der Waals surface area contributed by atoms with Gasteiger partial charge in [0.1, 0.15) is 5.82 Å². The molecule has 18 heavy (non-hydrogen) atoms. The van der Waals surface area contributed by atoms with Crippen LogP contribution < -0.4 is 11.3 Å². The highest BCUT2D eigenvalue weighted by Gasteiger charge is 2.07. The lowest BCUT2D eigenvalue weighted by atomic mass is 10.4. The standard InChI is InChI=1S/C11H15N5OS/c1-7(2)16-6-13-4-8(16)5-18-11-14-9(12)3-10(17)15-11/h3-4,6-7H,5H2,1-2H3,(H3,12,14,15,17). The average Bonchev–Trinajstić information content (AvgIpc) is 2.73. The molecule has 3 N–H and O–H groups in total. The Morgan fingerprint density at radius 1 is 1.56 bits per heavy atom. The van der Waals surface area contributed by atoms with Gasteiger partial charge in [0, 0.05) is 29.8 Å². The van der Waals surface area contributed by atoms with Gasteiger partial charge in [0.05, 0.1) is 6.33 Å². The number of nitrogens with one attached hydrogen (secondary N) is 1. The maximum atomic E-state index is 11.2. The predicted molar refractivity (Wildman–Crippen MR) is 71.4 cm³/mol. The van der Waals surface area contributed by atoms with Gasteiger partial charge in [-0.1, -0.05) is 11.8 Å². The molecule has 7 heteroatoms. The van der Waals surface area contributed by atoms with Gasteiger partial charge in [-0.3, -0.25) is 4.79 Å². The van der Waals surface area contributed by atoms with Crippen LogP contribution in [-0.4, -0.2) is 19.5 Å². The molecule has 0 atom stereocenters. The number of rotatable bonds is 4. The van der Waals surface area contributed by atoms with Gasteiger partial charge in [0.25, 0.3) is 5.56 Å². The molecule has 2 rings (SSSR count). The first-order chi connectivity index (χ1) is 8.56. The van der Waals surface area contributed by atoms with Crippen LogP contribution in [0, 0.1) is 0 Å². The minimum absolute atomic E-state index is 0.234. The van der Waals surface area contributed by atoms with Crippen LogP contribution in [0.1, 0.15) is 25.6 Å². The van der Waals surface area contributed by atoms with E-state index in [1.54, 1.807) is 6.33 Å². The minimum atomic E-state index is -0.234. The second-order valence-electron chi connectivity index (χ2n) is 4.15. The van der Waals surface area contributed by atoms with Crippen LogP contribution in [0.2, 0.25) is 0 Å². The normalized spacial score (nSPS) is 11.1. The average molecular weight is 265 g/mol. The van der Waals surface area contributed by atoms with Crippen LogP contribution in [0.5, 0.6) is 0 Å². The third kappa shape index (κ3) is 2.92. The summed E-state index contributed by atoms with van der Waals surface area (Å²) in [6, 6.07) is 1.62. The lowest BCUT2D eigenvalue weighted by Gasteiger charge is -2.10. The minimum Gasteiger partial charge on any atom is -0.383 e. The maximum Gasteiger partial charge on any atom is 0.253 e. The highest BCUT2D eigenvalue weighted by atomic mass is 32.2. The summed E-state index contributed by atoms with van der Waals surface area (Å²) < 4.78 is 2.08. The molecular formula is C11H15N5OS. The molecular weight excluding hydrogens is 250 g/mol. The van der Waals surface area contributed by atoms with Crippen LogP contribution in [-0.2, 0) is 5.75 Å². The SMILES string of the molecule is CC(C)n1cncc1CSc1nc(N)cc(=O)[nH]1. The monoisotopic (exact) mass is 265 g/mol. The van der Waals surface area contributed by atoms with Gasteiger partial charge in [0.15, 0.2) is 5.16 Å². The maximum absolute atomic E-state index is 11.2. The molecule has 2 heterocycles. The van der Waals surface area contributed by atoms with Crippen molar-refractivity contribution in [3.8, 4) is 0 Å². The summed E-state index contributed by atoms with van der Waals surface area (Å²) in [5.41, 5.74) is 6.37. The lowest BCUT2D eigenvalue weighted by Crippen LogP contribution is -2.09. The molecule has 0 fully saturated rings. The summed E-state index contributed by atoms with van der Waals surface area (Å²) in [7, 11) is 0. The first kappa shape index (κ1) is 12.7. The fraction of sp³-hybridized carbons (Fsp3) is 0.364. The van der Waals surface area contributed by atoms with E-state index in [9.17, 15) is 4.79 Å². The van der Waals surface area contributed by atoms with Crippen LogP contribution in [0.25, 0.3) is 0 Å². The van der Waals surface area contributed by atoms with Crippen molar-refractivity contribution in [3.05, 3.63) is 34.6 Å². The van der Waals surface area contributed by atoms with E-state index in [0.717, 1.165) is 5.69 Å². The molecule has 0 saturated heterocycles. The molecule has 2 aromatic rings. The van der Waals surface area contributed by atoms with E-state index in [1.165, 1.54) is 17.8 Å². The smallest absolute Gasteiger partial charge is 0.253 e. The summed E-state index contributed by atoms with van der Waals surface area (Å²) >= 11 is 1.43. The van der Waals surface area contributed by atoms with Crippen molar-refractivity contribution in [2.24, 2.45) is 0 Å². The van der Waals surface area contributed by atoms with E-state index >= 15 is 0 Å². The molecule has 0 amide bonds. The largest absolute Gasteiger partial charge is 0.383 e. The number of aromatic nitrogens is 4. The van der Waals surface area contributed by atoms with Crippen molar-refractivity contribution in [1.29, 1.82) is 0 Å². The topological polar surface area (TPSA) is 89.6 Å². The van der Waals surface area contributed by atoms with Gasteiger partial charge in [-0.2, -0.15) is 0 Å². The molecule has 6 nitrogen and oxygen atoms in total. The number of anilines is 1. The number of hydrogen-bond acceptors (Lipinski definition) is 5. The van der Waals surface area contributed by atoms with E-state index in [-0.39, 0.29) is 11.4 Å². The number of nitrogens with zero attached hydrogens (tertiary/aromatic N) is 3. The quantitative estimate of drug-likeness (QED) is 0.644. The third-order valence-corrected chi connectivity index (χ3v) is 3.31. The predicted octanol–water partition coefficient (Wildman–Crippen LogP) is 1.42. The van der Waals surface area contributed by atoms with Crippen molar-refractivity contribution in [1.82, 2.24) is 19.5 Å². The van der Waals surface area contributed by atoms with E-state index < -0.39 is 0 Å². The molecule has 0 aliphatic carbocycles. The number of H-pyrrole nitrogens is 1. The van der Waals surface area contributed by atoms with E-state index in [0.29, 0.717) is 17.0 Å². The molecule has 0 bridgehead atoms. The lowest BCUT2D eigenvalue weighted by molar-refractivity contribution is 0.584. The van der Waals surface area contributed by atoms with Crippen LogP contribution in [0.4, 0.5) is 5.82 Å². The van der Waals surface area contributed by atoms with Crippen molar-refractivity contribution in [3.63, 3.8) is 0 Å². The highest BCUT2D eigenvalue weighted by Crippen LogP contribution is 2.20. The Morgan fingerprint density at radius 3 is 3.00 bits per heavy atom. The summed E-state index contributed by atoms with van der Waals surface area (Å²) in [4.78, 5) is 22.1. The Morgan fingerprint density at radius 2 is 2.33 bits per heavy atom. The Bertz CT molecular complexity index is 589. The Balaban J connectivity index is 2.11. The summed E-state index contributed by atoms with van der Waals surface area (Å²) in [5, 5.41) is 0.525. The highest BCUT2D eigenvalue weighted by molar-refractivity contribution is 7.98. The zero-order valence-corrected chi connectivity index (χ0v) is 11.1. The van der Waals surface area contributed by atoms with Gasteiger partial charge < -0.3 is 15.3 Å². The number of nitrogen functional groups attached to an aromatic ring is 1. The summed E-state index contributed by atoms with van der Waals surface area (Å²) in [5.74, 6) is 0.920. The van der Waals surface area contributed by atoms with Crippen molar-refractivity contribution < 1.29 is 0 Å². The molecule has 0 aliphatic heterocycles. The first-order valence-electron chi connectivity index (χ1n) is 5.56. The number of nitrogens with two attached hydrogens (primary N) is 1. The fourth-order valence-corrected chi connectivity index (χ4v) is 2.42. The van der Waals surface area contributed by atoms with Gasteiger partial charge in [-0.15, -0.1) is 0 Å². The zero-order chi connectivity index (χ0) is 13.1. The fourth-order valence-electron chi connectivity index (χ4n) is 1.57. The number of thioether (sulfide) groups is 1. The zero-order valence-electron chi connectivity index (χ0n) is 10.3. The third-order valence-electron chi connectivity index (χ3n) is 2.40. The molecule has 0 saturated carbocycles. The van der Waals surface area contributed by atoms with Crippen molar-refractivity contribution in [2.45, 2.75) is 30.8 Å². The Kier molecular flexibility index (Phi) is 3.71. The second-order valence-corrected chi connectivity index (χ2v) is 5.11. The number of aromatic amines is 1. The van der Waals surface area contributed by atoms with Crippen LogP contribution in [0.3, 0.4) is 0 Å². The van der Waals surface area contributed by atoms with Gasteiger partial charge in [-0.05, 0) is 13.8 Å². The second kappa shape index (κ2) is 5.26. The molecule has 0 aliphatic rings. The van der Waals surface area contributed by atoms with Gasteiger partial charge >= 0.3 is 0 Å². The molecule has 0 aromatic carbocycles. The van der Waals surface area contributed by atoms with Gasteiger partial charge in [-0.25, -0.2) is 9.97 Å². The van der Waals surface area contributed by atoms with E-state index in [4.69, 9.17) is 5.73 Å². The molecule has 0 unspecified atom stereocenters. The number of hydrogen-bond donors (Lipinski definition) is 2. The Hall–Kier alpha value is -1.76. The molecule has 2 aromatic heterocycles. The van der Waals surface area contributed by atoms with E-state index in [1.807, 2.05) is 6.20 Å². The molecule has 0 spiro atoms. The summed E-state index contributed by atoms with van der Waals surface area (Å²) in [6.45, 7) is 4.19. The van der Waals surface area contributed by atoms with Gasteiger partial charge in [0.2, 0.25) is 0 Å². The molecule has 96 valence electrons. The van der Waals surface area contributed by atoms with E-state index in [2.05, 4.69) is 33.4 Å². The van der Waals surface area contributed by atoms with Crippen molar-refractivity contribution in [2.75, 3.05) is 5.73 Å². The Labute approximate surface area is 109 Å². The van der Waals surface area contributed by atoms with Crippen LogP contribution >= 0.6 is 11.8 Å².